The topological polar surface area (TPSA) is 50.3 Å². The normalized spacial score (nSPS) is 19.4. The molecule has 1 fully saturated rings. The lowest BCUT2D eigenvalue weighted by atomic mass is 10.1. The first-order valence-electron chi connectivity index (χ1n) is 7.20. The van der Waals surface area contributed by atoms with Gasteiger partial charge in [0.15, 0.2) is 0 Å². The fourth-order valence-corrected chi connectivity index (χ4v) is 4.91. The van der Waals surface area contributed by atoms with Crippen molar-refractivity contribution >= 4 is 21.6 Å². The second kappa shape index (κ2) is 6.36. The van der Waals surface area contributed by atoms with Crippen LogP contribution < -0.4 is 0 Å². The van der Waals surface area contributed by atoms with Crippen LogP contribution in [0.3, 0.4) is 0 Å². The summed E-state index contributed by atoms with van der Waals surface area (Å²) in [7, 11) is -3.37. The Balaban J connectivity index is 1.85. The molecule has 1 aliphatic heterocycles. The van der Waals surface area contributed by atoms with Gasteiger partial charge in [-0.05, 0) is 48.2 Å². The standard InChI is InChI=1S/C16H17ClN2O2S/c17-15-4-1-3-13(11-15)12-22(20,21)19-10-2-5-16(19)14-6-8-18-9-7-14/h1,3-4,6-9,11,16H,2,5,10,12H2. The number of hydrogen-bond acceptors (Lipinski definition) is 3. The second-order valence-corrected chi connectivity index (χ2v) is 7.79. The van der Waals surface area contributed by atoms with E-state index in [1.807, 2.05) is 12.1 Å². The van der Waals surface area contributed by atoms with E-state index in [0.29, 0.717) is 17.1 Å². The smallest absolute Gasteiger partial charge is 0.218 e. The Morgan fingerprint density at radius 2 is 2.00 bits per heavy atom. The number of pyridine rings is 1. The number of hydrogen-bond donors (Lipinski definition) is 0. The van der Waals surface area contributed by atoms with Gasteiger partial charge in [0.05, 0.1) is 5.75 Å². The number of halogens is 1. The zero-order valence-corrected chi connectivity index (χ0v) is 13.6. The van der Waals surface area contributed by atoms with Crippen LogP contribution in [0.1, 0.15) is 30.0 Å². The molecule has 0 aliphatic carbocycles. The fourth-order valence-electron chi connectivity index (χ4n) is 2.91. The quantitative estimate of drug-likeness (QED) is 0.859. The molecule has 4 nitrogen and oxygen atoms in total. The third kappa shape index (κ3) is 3.32. The van der Waals surface area contributed by atoms with Crippen LogP contribution in [0.2, 0.25) is 5.02 Å². The van der Waals surface area contributed by atoms with Crippen LogP contribution in [-0.2, 0) is 15.8 Å². The lowest BCUT2D eigenvalue weighted by Gasteiger charge is -2.24. The van der Waals surface area contributed by atoms with Crippen molar-refractivity contribution in [2.24, 2.45) is 0 Å². The monoisotopic (exact) mass is 336 g/mol. The van der Waals surface area contributed by atoms with Crippen molar-refractivity contribution in [1.82, 2.24) is 9.29 Å². The van der Waals surface area contributed by atoms with Gasteiger partial charge in [0.2, 0.25) is 10.0 Å². The molecular weight excluding hydrogens is 320 g/mol. The van der Waals surface area contributed by atoms with E-state index in [0.717, 1.165) is 18.4 Å². The van der Waals surface area contributed by atoms with Gasteiger partial charge >= 0.3 is 0 Å². The molecule has 0 spiro atoms. The van der Waals surface area contributed by atoms with E-state index < -0.39 is 10.0 Å². The van der Waals surface area contributed by atoms with Gasteiger partial charge in [-0.1, -0.05) is 23.7 Å². The van der Waals surface area contributed by atoms with Crippen molar-refractivity contribution < 1.29 is 8.42 Å². The number of aromatic nitrogens is 1. The van der Waals surface area contributed by atoms with Crippen molar-refractivity contribution in [2.45, 2.75) is 24.6 Å². The maximum Gasteiger partial charge on any atom is 0.218 e. The molecule has 1 aliphatic rings. The van der Waals surface area contributed by atoms with E-state index >= 15 is 0 Å². The molecule has 0 bridgehead atoms. The van der Waals surface area contributed by atoms with E-state index in [2.05, 4.69) is 4.98 Å². The van der Waals surface area contributed by atoms with E-state index in [4.69, 9.17) is 11.6 Å². The van der Waals surface area contributed by atoms with Crippen LogP contribution >= 0.6 is 11.6 Å². The fraction of sp³-hybridized carbons (Fsp3) is 0.312. The molecule has 6 heteroatoms. The molecule has 1 saturated heterocycles. The first kappa shape index (κ1) is 15.5. The molecular formula is C16H17ClN2O2S. The van der Waals surface area contributed by atoms with Crippen LogP contribution in [0.4, 0.5) is 0 Å². The summed E-state index contributed by atoms with van der Waals surface area (Å²) in [5.41, 5.74) is 1.72. The van der Waals surface area contributed by atoms with Crippen molar-refractivity contribution in [1.29, 1.82) is 0 Å². The number of rotatable bonds is 4. The van der Waals surface area contributed by atoms with Crippen molar-refractivity contribution in [3.8, 4) is 0 Å². The maximum atomic E-state index is 12.8. The average Bonchev–Trinajstić information content (AvgIpc) is 2.98. The lowest BCUT2D eigenvalue weighted by Crippen LogP contribution is -2.31. The molecule has 3 rings (SSSR count). The Bertz CT molecular complexity index is 750. The van der Waals surface area contributed by atoms with Crippen LogP contribution in [0.15, 0.2) is 48.8 Å². The molecule has 1 aromatic carbocycles. The molecule has 116 valence electrons. The Kier molecular flexibility index (Phi) is 4.47. The molecule has 1 aromatic heterocycles. The molecule has 1 atom stereocenters. The highest BCUT2D eigenvalue weighted by Crippen LogP contribution is 2.35. The number of benzene rings is 1. The van der Waals surface area contributed by atoms with Crippen molar-refractivity contribution in [3.63, 3.8) is 0 Å². The zero-order chi connectivity index (χ0) is 15.6. The van der Waals surface area contributed by atoms with Crippen LogP contribution in [0.25, 0.3) is 0 Å². The minimum atomic E-state index is -3.37. The first-order chi connectivity index (χ1) is 10.6. The number of sulfonamides is 1. The summed E-state index contributed by atoms with van der Waals surface area (Å²) in [4.78, 5) is 4.00. The Labute approximate surface area is 135 Å². The Morgan fingerprint density at radius 3 is 2.73 bits per heavy atom. The van der Waals surface area contributed by atoms with Crippen molar-refractivity contribution in [3.05, 3.63) is 64.9 Å². The molecule has 0 N–H and O–H groups in total. The van der Waals surface area contributed by atoms with Gasteiger partial charge in [0.25, 0.3) is 0 Å². The molecule has 0 radical (unpaired) electrons. The molecule has 1 unspecified atom stereocenters. The lowest BCUT2D eigenvalue weighted by molar-refractivity contribution is 0.396. The van der Waals surface area contributed by atoms with Crippen LogP contribution in [0.5, 0.6) is 0 Å². The van der Waals surface area contributed by atoms with Crippen molar-refractivity contribution in [2.75, 3.05) is 6.54 Å². The second-order valence-electron chi connectivity index (χ2n) is 5.44. The molecule has 0 saturated carbocycles. The van der Waals surface area contributed by atoms with Gasteiger partial charge in [-0.2, -0.15) is 4.31 Å². The summed E-state index contributed by atoms with van der Waals surface area (Å²) in [6, 6.07) is 10.7. The highest BCUT2D eigenvalue weighted by atomic mass is 35.5. The van der Waals surface area contributed by atoms with Gasteiger partial charge in [0.1, 0.15) is 0 Å². The maximum absolute atomic E-state index is 12.8. The molecule has 2 aromatic rings. The van der Waals surface area contributed by atoms with Gasteiger partial charge in [-0.25, -0.2) is 8.42 Å². The highest BCUT2D eigenvalue weighted by molar-refractivity contribution is 7.88. The van der Waals surface area contributed by atoms with E-state index in [-0.39, 0.29) is 11.8 Å². The number of nitrogens with zero attached hydrogens (tertiary/aromatic N) is 2. The molecule has 0 amide bonds. The van der Waals surface area contributed by atoms with E-state index in [9.17, 15) is 8.42 Å². The summed E-state index contributed by atoms with van der Waals surface area (Å²) in [6.45, 7) is 0.565. The predicted octanol–water partition coefficient (Wildman–Crippen LogP) is 3.40. The molecule has 22 heavy (non-hydrogen) atoms. The van der Waals surface area contributed by atoms with E-state index in [1.165, 1.54) is 0 Å². The minimum Gasteiger partial charge on any atom is -0.265 e. The van der Waals surface area contributed by atoms with E-state index in [1.54, 1.807) is 41.0 Å². The van der Waals surface area contributed by atoms with Crippen LogP contribution in [0, 0.1) is 0 Å². The summed E-state index contributed by atoms with van der Waals surface area (Å²) in [5.74, 6) is -0.0187. The third-order valence-corrected chi connectivity index (χ3v) is 5.97. The van der Waals surface area contributed by atoms with Gasteiger partial charge in [-0.3, -0.25) is 4.98 Å². The van der Waals surface area contributed by atoms with Gasteiger partial charge < -0.3 is 0 Å². The van der Waals surface area contributed by atoms with Crippen LogP contribution in [-0.4, -0.2) is 24.3 Å². The zero-order valence-electron chi connectivity index (χ0n) is 12.0. The summed E-state index contributed by atoms with van der Waals surface area (Å²) >= 11 is 5.94. The average molecular weight is 337 g/mol. The van der Waals surface area contributed by atoms with Gasteiger partial charge in [0, 0.05) is 30.0 Å². The summed E-state index contributed by atoms with van der Waals surface area (Å²) in [5, 5.41) is 0.555. The Morgan fingerprint density at radius 1 is 1.23 bits per heavy atom. The Hall–Kier alpha value is -1.43. The SMILES string of the molecule is O=S(=O)(Cc1cccc(Cl)c1)N1CCCC1c1ccncc1. The first-order valence-corrected chi connectivity index (χ1v) is 9.19. The minimum absolute atomic E-state index is 0.0187. The highest BCUT2D eigenvalue weighted by Gasteiger charge is 2.35. The largest absolute Gasteiger partial charge is 0.265 e. The summed E-state index contributed by atoms with van der Waals surface area (Å²) < 4.78 is 27.1. The predicted molar refractivity (Wildman–Crippen MR) is 87.0 cm³/mol. The molecule has 2 heterocycles. The third-order valence-electron chi connectivity index (χ3n) is 3.89. The summed E-state index contributed by atoms with van der Waals surface area (Å²) in [6.07, 6.45) is 5.13. The van der Waals surface area contributed by atoms with Gasteiger partial charge in [-0.15, -0.1) is 0 Å².